The van der Waals surface area contributed by atoms with Gasteiger partial charge < -0.3 is 15.4 Å². The van der Waals surface area contributed by atoms with Crippen molar-refractivity contribution >= 4 is 17.4 Å². The Morgan fingerprint density at radius 3 is 3.00 bits per heavy atom. The van der Waals surface area contributed by atoms with E-state index in [0.717, 1.165) is 26.0 Å². The van der Waals surface area contributed by atoms with E-state index in [9.17, 15) is 4.79 Å². The molecule has 2 N–H and O–H groups in total. The SMILES string of the molecule is Cc1ccc(CNC(=O)NCCC[C@@H]2CCCCO2)s1. The first-order valence-electron chi connectivity index (χ1n) is 7.42. The summed E-state index contributed by atoms with van der Waals surface area (Å²) in [7, 11) is 0. The summed E-state index contributed by atoms with van der Waals surface area (Å²) in [4.78, 5) is 14.1. The zero-order chi connectivity index (χ0) is 14.2. The number of hydrogen-bond donors (Lipinski definition) is 2. The second kappa shape index (κ2) is 8.27. The van der Waals surface area contributed by atoms with Gasteiger partial charge in [-0.25, -0.2) is 4.79 Å². The molecular formula is C15H24N2O2S. The molecule has 1 aliphatic heterocycles. The lowest BCUT2D eigenvalue weighted by molar-refractivity contribution is 0.0103. The third-order valence-electron chi connectivity index (χ3n) is 3.48. The Labute approximate surface area is 124 Å². The van der Waals surface area contributed by atoms with Crippen LogP contribution < -0.4 is 10.6 Å². The lowest BCUT2D eigenvalue weighted by Crippen LogP contribution is -2.35. The molecule has 2 amide bonds. The van der Waals surface area contributed by atoms with Crippen molar-refractivity contribution in [1.29, 1.82) is 0 Å². The minimum Gasteiger partial charge on any atom is -0.378 e. The molecule has 1 aliphatic rings. The van der Waals surface area contributed by atoms with Gasteiger partial charge in [-0.2, -0.15) is 0 Å². The molecule has 0 aliphatic carbocycles. The normalized spacial score (nSPS) is 18.8. The molecule has 2 rings (SSSR count). The number of nitrogens with one attached hydrogen (secondary N) is 2. The number of aryl methyl sites for hydroxylation is 1. The van der Waals surface area contributed by atoms with Gasteiger partial charge in [-0.1, -0.05) is 0 Å². The van der Waals surface area contributed by atoms with Gasteiger partial charge in [-0.05, 0) is 51.2 Å². The van der Waals surface area contributed by atoms with Crippen LogP contribution in [0.15, 0.2) is 12.1 Å². The number of amides is 2. The zero-order valence-corrected chi connectivity index (χ0v) is 12.9. The Balaban J connectivity index is 1.51. The lowest BCUT2D eigenvalue weighted by atomic mass is 10.0. The Bertz CT molecular complexity index is 414. The summed E-state index contributed by atoms with van der Waals surface area (Å²) in [5, 5.41) is 5.78. The Hall–Kier alpha value is -1.07. The molecule has 0 radical (unpaired) electrons. The van der Waals surface area contributed by atoms with Gasteiger partial charge >= 0.3 is 6.03 Å². The predicted molar refractivity (Wildman–Crippen MR) is 82.1 cm³/mol. The maximum atomic E-state index is 11.6. The van der Waals surface area contributed by atoms with Crippen LogP contribution in [-0.2, 0) is 11.3 Å². The summed E-state index contributed by atoms with van der Waals surface area (Å²) in [5.74, 6) is 0. The lowest BCUT2D eigenvalue weighted by Gasteiger charge is -2.22. The number of rotatable bonds is 6. The average Bonchev–Trinajstić information content (AvgIpc) is 2.88. The third-order valence-corrected chi connectivity index (χ3v) is 4.48. The number of carbonyl (C=O) groups excluding carboxylic acids is 1. The number of ether oxygens (including phenoxy) is 1. The van der Waals surface area contributed by atoms with Crippen LogP contribution in [0.1, 0.15) is 41.9 Å². The van der Waals surface area contributed by atoms with Crippen molar-refractivity contribution in [2.45, 2.75) is 51.7 Å². The zero-order valence-electron chi connectivity index (χ0n) is 12.1. The second-order valence-electron chi connectivity index (χ2n) is 5.25. The molecule has 112 valence electrons. The quantitative estimate of drug-likeness (QED) is 0.792. The van der Waals surface area contributed by atoms with E-state index in [0.29, 0.717) is 12.6 Å². The summed E-state index contributed by atoms with van der Waals surface area (Å²) in [6.45, 7) is 4.30. The Kier molecular flexibility index (Phi) is 6.33. The van der Waals surface area contributed by atoms with E-state index in [2.05, 4.69) is 29.7 Å². The van der Waals surface area contributed by atoms with E-state index < -0.39 is 0 Å². The number of urea groups is 1. The molecule has 0 bridgehead atoms. The minimum absolute atomic E-state index is 0.0828. The highest BCUT2D eigenvalue weighted by Gasteiger charge is 2.13. The fourth-order valence-corrected chi connectivity index (χ4v) is 3.21. The maximum absolute atomic E-state index is 11.6. The molecule has 1 fully saturated rings. The van der Waals surface area contributed by atoms with E-state index in [4.69, 9.17) is 4.74 Å². The fourth-order valence-electron chi connectivity index (χ4n) is 2.38. The van der Waals surface area contributed by atoms with Crippen molar-refractivity contribution in [1.82, 2.24) is 10.6 Å². The van der Waals surface area contributed by atoms with Gasteiger partial charge in [-0.3, -0.25) is 0 Å². The van der Waals surface area contributed by atoms with Crippen LogP contribution in [0.25, 0.3) is 0 Å². The molecule has 1 atom stereocenters. The van der Waals surface area contributed by atoms with Crippen LogP contribution in [0.2, 0.25) is 0 Å². The van der Waals surface area contributed by atoms with Crippen LogP contribution in [0.4, 0.5) is 4.79 Å². The van der Waals surface area contributed by atoms with Gasteiger partial charge in [0.15, 0.2) is 0 Å². The maximum Gasteiger partial charge on any atom is 0.315 e. The van der Waals surface area contributed by atoms with Gasteiger partial charge in [0.05, 0.1) is 12.6 Å². The molecular weight excluding hydrogens is 272 g/mol. The Morgan fingerprint density at radius 2 is 2.30 bits per heavy atom. The largest absolute Gasteiger partial charge is 0.378 e. The smallest absolute Gasteiger partial charge is 0.315 e. The second-order valence-corrected chi connectivity index (χ2v) is 6.63. The highest BCUT2D eigenvalue weighted by molar-refractivity contribution is 7.11. The standard InChI is InChI=1S/C15H24N2O2S/c1-12-7-8-14(20-12)11-17-15(18)16-9-4-6-13-5-2-3-10-19-13/h7-8,13H,2-6,9-11H2,1H3,(H2,16,17,18)/t13-/m0/s1. The van der Waals surface area contributed by atoms with Crippen molar-refractivity contribution in [2.24, 2.45) is 0 Å². The van der Waals surface area contributed by atoms with Crippen molar-refractivity contribution in [2.75, 3.05) is 13.2 Å². The predicted octanol–water partition coefficient (Wildman–Crippen LogP) is 3.21. The topological polar surface area (TPSA) is 50.4 Å². The first kappa shape index (κ1) is 15.3. The third kappa shape index (κ3) is 5.51. The Morgan fingerprint density at radius 1 is 1.40 bits per heavy atom. The molecule has 0 aromatic carbocycles. The molecule has 2 heterocycles. The number of hydrogen-bond acceptors (Lipinski definition) is 3. The van der Waals surface area contributed by atoms with Gasteiger partial charge in [0.25, 0.3) is 0 Å². The summed E-state index contributed by atoms with van der Waals surface area (Å²) >= 11 is 1.72. The molecule has 4 nitrogen and oxygen atoms in total. The highest BCUT2D eigenvalue weighted by Crippen LogP contribution is 2.16. The monoisotopic (exact) mass is 296 g/mol. The number of carbonyl (C=O) groups is 1. The molecule has 1 aromatic heterocycles. The van der Waals surface area contributed by atoms with Crippen molar-refractivity contribution in [3.63, 3.8) is 0 Å². The van der Waals surface area contributed by atoms with Gasteiger partial charge in [0, 0.05) is 22.9 Å². The van der Waals surface area contributed by atoms with Crippen LogP contribution in [-0.4, -0.2) is 25.3 Å². The molecule has 0 saturated carbocycles. The van der Waals surface area contributed by atoms with Crippen LogP contribution in [0.3, 0.4) is 0 Å². The van der Waals surface area contributed by atoms with Gasteiger partial charge in [-0.15, -0.1) is 11.3 Å². The minimum atomic E-state index is -0.0828. The summed E-state index contributed by atoms with van der Waals surface area (Å²) in [6, 6.07) is 4.05. The average molecular weight is 296 g/mol. The number of thiophene rings is 1. The van der Waals surface area contributed by atoms with E-state index in [-0.39, 0.29) is 6.03 Å². The highest BCUT2D eigenvalue weighted by atomic mass is 32.1. The van der Waals surface area contributed by atoms with Crippen molar-refractivity contribution in [3.05, 3.63) is 21.9 Å². The van der Waals surface area contributed by atoms with E-state index in [1.54, 1.807) is 11.3 Å². The fraction of sp³-hybridized carbons (Fsp3) is 0.667. The molecule has 0 spiro atoms. The summed E-state index contributed by atoms with van der Waals surface area (Å²) in [6.07, 6.45) is 6.07. The summed E-state index contributed by atoms with van der Waals surface area (Å²) < 4.78 is 5.67. The van der Waals surface area contributed by atoms with E-state index in [1.807, 2.05) is 0 Å². The van der Waals surface area contributed by atoms with Crippen LogP contribution >= 0.6 is 11.3 Å². The summed E-state index contributed by atoms with van der Waals surface area (Å²) in [5.41, 5.74) is 0. The van der Waals surface area contributed by atoms with E-state index in [1.165, 1.54) is 29.0 Å². The molecule has 20 heavy (non-hydrogen) atoms. The molecule has 0 unspecified atom stereocenters. The van der Waals surface area contributed by atoms with Crippen molar-refractivity contribution in [3.8, 4) is 0 Å². The van der Waals surface area contributed by atoms with Crippen LogP contribution in [0, 0.1) is 6.92 Å². The van der Waals surface area contributed by atoms with Crippen molar-refractivity contribution < 1.29 is 9.53 Å². The van der Waals surface area contributed by atoms with Crippen LogP contribution in [0.5, 0.6) is 0 Å². The molecule has 5 heteroatoms. The first-order chi connectivity index (χ1) is 9.74. The van der Waals surface area contributed by atoms with E-state index >= 15 is 0 Å². The van der Waals surface area contributed by atoms with Gasteiger partial charge in [0.2, 0.25) is 0 Å². The first-order valence-corrected chi connectivity index (χ1v) is 8.24. The van der Waals surface area contributed by atoms with Gasteiger partial charge in [0.1, 0.15) is 0 Å². The molecule has 1 aromatic rings. The molecule has 1 saturated heterocycles.